The molecule has 0 heterocycles. The number of hydrazone groups is 1. The molecule has 0 radical (unpaired) electrons. The zero-order chi connectivity index (χ0) is 21.3. The van der Waals surface area contributed by atoms with Crippen LogP contribution in [0.3, 0.4) is 0 Å². The van der Waals surface area contributed by atoms with E-state index < -0.39 is 12.0 Å². The van der Waals surface area contributed by atoms with E-state index in [4.69, 9.17) is 15.2 Å². The van der Waals surface area contributed by atoms with Crippen LogP contribution in [0.4, 0.5) is 4.79 Å². The number of nitrogens with one attached hydrogen (secondary N) is 1. The molecule has 3 aromatic rings. The van der Waals surface area contributed by atoms with Gasteiger partial charge in [0.1, 0.15) is 24.7 Å². The number of rotatable bonds is 8. The lowest BCUT2D eigenvalue weighted by Gasteiger charge is -2.10. The van der Waals surface area contributed by atoms with Gasteiger partial charge in [-0.1, -0.05) is 30.3 Å². The van der Waals surface area contributed by atoms with Gasteiger partial charge in [0.25, 0.3) is 0 Å². The fraction of sp³-hybridized carbons (Fsp3) is 0.136. The van der Waals surface area contributed by atoms with Crippen molar-refractivity contribution in [1.29, 1.82) is 0 Å². The molecule has 30 heavy (non-hydrogen) atoms. The number of carbonyl (C=O) groups excluding carboxylic acids is 2. The molecule has 8 nitrogen and oxygen atoms in total. The number of methoxy groups -OCH3 is 1. The summed E-state index contributed by atoms with van der Waals surface area (Å²) in [6.07, 6.45) is 0. The molecule has 0 spiro atoms. The second kappa shape index (κ2) is 9.92. The number of ether oxygens (including phenoxy) is 3. The van der Waals surface area contributed by atoms with Gasteiger partial charge in [0.05, 0.1) is 7.11 Å². The molecule has 3 aromatic carbocycles. The molecule has 0 aromatic heterocycles. The number of esters is 1. The molecule has 0 saturated heterocycles. The minimum atomic E-state index is -0.886. The van der Waals surface area contributed by atoms with Crippen molar-refractivity contribution in [3.63, 3.8) is 0 Å². The summed E-state index contributed by atoms with van der Waals surface area (Å²) in [4.78, 5) is 22.7. The third kappa shape index (κ3) is 5.48. The highest BCUT2D eigenvalue weighted by molar-refractivity contribution is 6.43. The Labute approximate surface area is 173 Å². The van der Waals surface area contributed by atoms with Gasteiger partial charge in [-0.15, -0.1) is 0 Å². The van der Waals surface area contributed by atoms with Crippen molar-refractivity contribution in [2.45, 2.75) is 0 Å². The summed E-state index contributed by atoms with van der Waals surface area (Å²) in [5.74, 6) is 0.655. The van der Waals surface area contributed by atoms with Crippen molar-refractivity contribution in [2.75, 3.05) is 20.3 Å². The summed E-state index contributed by atoms with van der Waals surface area (Å²) in [6, 6.07) is 19.7. The maximum atomic E-state index is 11.8. The highest BCUT2D eigenvalue weighted by atomic mass is 16.5. The Kier molecular flexibility index (Phi) is 6.83. The fourth-order valence-corrected chi connectivity index (χ4v) is 2.72. The molecular weight excluding hydrogens is 386 g/mol. The van der Waals surface area contributed by atoms with Crippen molar-refractivity contribution in [1.82, 2.24) is 5.43 Å². The Morgan fingerprint density at radius 2 is 1.53 bits per heavy atom. The second-order valence-electron chi connectivity index (χ2n) is 6.16. The number of carbonyl (C=O) groups is 2. The maximum absolute atomic E-state index is 11.8. The van der Waals surface area contributed by atoms with Crippen LogP contribution in [0, 0.1) is 0 Å². The molecule has 0 aliphatic heterocycles. The van der Waals surface area contributed by atoms with Gasteiger partial charge in [0.2, 0.25) is 0 Å². The number of hydrogen-bond acceptors (Lipinski definition) is 6. The van der Waals surface area contributed by atoms with Gasteiger partial charge in [-0.05, 0) is 47.2 Å². The van der Waals surface area contributed by atoms with E-state index in [-0.39, 0.29) is 5.71 Å². The monoisotopic (exact) mass is 407 g/mol. The Hall–Kier alpha value is -4.07. The molecule has 3 N–H and O–H groups in total. The van der Waals surface area contributed by atoms with Crippen LogP contribution >= 0.6 is 0 Å². The Morgan fingerprint density at radius 3 is 2.20 bits per heavy atom. The first-order valence-electron chi connectivity index (χ1n) is 9.13. The smallest absolute Gasteiger partial charge is 0.359 e. The summed E-state index contributed by atoms with van der Waals surface area (Å²) in [7, 11) is 1.22. The number of amides is 2. The molecule has 0 aliphatic rings. The molecule has 0 atom stereocenters. The van der Waals surface area contributed by atoms with Crippen LogP contribution in [-0.2, 0) is 9.53 Å². The normalized spacial score (nSPS) is 11.0. The first kappa shape index (κ1) is 20.7. The maximum Gasteiger partial charge on any atom is 0.359 e. The molecule has 0 bridgehead atoms. The highest BCUT2D eigenvalue weighted by Gasteiger charge is 2.15. The molecular formula is C22H21N3O5. The first-order chi connectivity index (χ1) is 14.6. The van der Waals surface area contributed by atoms with Crippen LogP contribution in [0.25, 0.3) is 10.8 Å². The van der Waals surface area contributed by atoms with Gasteiger partial charge in [-0.3, -0.25) is 0 Å². The Morgan fingerprint density at radius 1 is 0.900 bits per heavy atom. The fourth-order valence-electron chi connectivity index (χ4n) is 2.72. The largest absolute Gasteiger partial charge is 0.490 e. The van der Waals surface area contributed by atoms with E-state index in [2.05, 4.69) is 9.84 Å². The van der Waals surface area contributed by atoms with E-state index >= 15 is 0 Å². The lowest BCUT2D eigenvalue weighted by Crippen LogP contribution is -2.28. The Balaban J connectivity index is 1.55. The summed E-state index contributed by atoms with van der Waals surface area (Å²) < 4.78 is 16.1. The predicted octanol–water partition coefficient (Wildman–Crippen LogP) is 2.84. The van der Waals surface area contributed by atoms with Gasteiger partial charge < -0.3 is 19.9 Å². The molecule has 154 valence electrons. The van der Waals surface area contributed by atoms with E-state index in [1.165, 1.54) is 7.11 Å². The SMILES string of the molecule is COC(=O)C(=NNC(N)=O)c1ccc(OCCOc2ccc3ccccc3c2)cc1. The minimum Gasteiger partial charge on any atom is -0.490 e. The minimum absolute atomic E-state index is 0.0810. The Bertz CT molecular complexity index is 1060. The number of nitrogens with zero attached hydrogens (tertiary/aromatic N) is 1. The molecule has 2 amide bonds. The van der Waals surface area contributed by atoms with E-state index in [0.717, 1.165) is 16.5 Å². The van der Waals surface area contributed by atoms with Crippen LogP contribution in [0.2, 0.25) is 0 Å². The molecule has 0 aliphatic carbocycles. The van der Waals surface area contributed by atoms with Gasteiger partial charge in [0, 0.05) is 5.56 Å². The van der Waals surface area contributed by atoms with E-state index in [1.54, 1.807) is 24.3 Å². The van der Waals surface area contributed by atoms with Crippen LogP contribution < -0.4 is 20.6 Å². The quantitative estimate of drug-likeness (QED) is 0.258. The molecule has 3 rings (SSSR count). The van der Waals surface area contributed by atoms with Crippen LogP contribution in [-0.4, -0.2) is 38.0 Å². The lowest BCUT2D eigenvalue weighted by atomic mass is 10.1. The average Bonchev–Trinajstić information content (AvgIpc) is 2.77. The predicted molar refractivity (Wildman–Crippen MR) is 113 cm³/mol. The van der Waals surface area contributed by atoms with E-state index in [0.29, 0.717) is 24.5 Å². The van der Waals surface area contributed by atoms with Gasteiger partial charge in [0.15, 0.2) is 5.71 Å². The number of fused-ring (bicyclic) bond motifs is 1. The van der Waals surface area contributed by atoms with Crippen molar-refractivity contribution in [3.05, 3.63) is 72.3 Å². The van der Waals surface area contributed by atoms with Crippen molar-refractivity contribution >= 4 is 28.5 Å². The molecule has 8 heteroatoms. The average molecular weight is 407 g/mol. The number of benzene rings is 3. The zero-order valence-corrected chi connectivity index (χ0v) is 16.3. The zero-order valence-electron chi connectivity index (χ0n) is 16.3. The van der Waals surface area contributed by atoms with E-state index in [1.807, 2.05) is 47.9 Å². The number of nitrogens with two attached hydrogens (primary N) is 1. The first-order valence-corrected chi connectivity index (χ1v) is 9.13. The standard InChI is InChI=1S/C22H21N3O5/c1-28-21(26)20(24-25-22(23)27)16-7-9-18(10-8-16)29-12-13-30-19-11-6-15-4-2-3-5-17(15)14-19/h2-11,14H,12-13H2,1H3,(H3,23,25,27). The van der Waals surface area contributed by atoms with Gasteiger partial charge in [-0.2, -0.15) is 5.10 Å². The third-order valence-corrected chi connectivity index (χ3v) is 4.13. The summed E-state index contributed by atoms with van der Waals surface area (Å²) in [5.41, 5.74) is 7.36. The molecule has 0 fully saturated rings. The second-order valence-corrected chi connectivity index (χ2v) is 6.16. The van der Waals surface area contributed by atoms with Crippen LogP contribution in [0.1, 0.15) is 5.56 Å². The lowest BCUT2D eigenvalue weighted by molar-refractivity contribution is -0.132. The topological polar surface area (TPSA) is 112 Å². The number of urea groups is 1. The third-order valence-electron chi connectivity index (χ3n) is 4.13. The van der Waals surface area contributed by atoms with Gasteiger partial charge in [-0.25, -0.2) is 15.0 Å². The summed E-state index contributed by atoms with van der Waals surface area (Å²) >= 11 is 0. The van der Waals surface area contributed by atoms with E-state index in [9.17, 15) is 9.59 Å². The van der Waals surface area contributed by atoms with Crippen molar-refractivity contribution < 1.29 is 23.8 Å². The summed E-state index contributed by atoms with van der Waals surface area (Å²) in [5, 5.41) is 5.95. The van der Waals surface area contributed by atoms with Crippen molar-refractivity contribution in [2.24, 2.45) is 10.8 Å². The van der Waals surface area contributed by atoms with Crippen LogP contribution in [0.5, 0.6) is 11.5 Å². The molecule has 0 saturated carbocycles. The summed E-state index contributed by atoms with van der Waals surface area (Å²) in [6.45, 7) is 0.713. The molecule has 0 unspecified atom stereocenters. The van der Waals surface area contributed by atoms with Crippen LogP contribution in [0.15, 0.2) is 71.8 Å². The van der Waals surface area contributed by atoms with Gasteiger partial charge >= 0.3 is 12.0 Å². The highest BCUT2D eigenvalue weighted by Crippen LogP contribution is 2.20. The van der Waals surface area contributed by atoms with Crippen molar-refractivity contribution in [3.8, 4) is 11.5 Å². The number of hydrogen-bond donors (Lipinski definition) is 2. The number of primary amides is 1.